The summed E-state index contributed by atoms with van der Waals surface area (Å²) in [6, 6.07) is 6.37. The van der Waals surface area contributed by atoms with Gasteiger partial charge in [-0.3, -0.25) is 9.59 Å². The number of nitrogens with one attached hydrogen (secondary N) is 1. The topological polar surface area (TPSA) is 71.8 Å². The first kappa shape index (κ1) is 17.6. The smallest absolute Gasteiger partial charge is 0.287 e. The average molecular weight is 383 g/mol. The second-order valence-electron chi connectivity index (χ2n) is 5.68. The molecule has 1 aliphatic heterocycles. The molecule has 1 aromatic carbocycles. The van der Waals surface area contributed by atoms with Crippen LogP contribution in [-0.4, -0.2) is 32.1 Å². The normalized spacial score (nSPS) is 16.8. The van der Waals surface area contributed by atoms with E-state index in [1.807, 2.05) is 6.07 Å². The molecule has 0 radical (unpaired) electrons. The lowest BCUT2D eigenvalue weighted by atomic mass is 10.2. The average Bonchev–Trinajstić information content (AvgIpc) is 3.02. The van der Waals surface area contributed by atoms with E-state index >= 15 is 0 Å². The van der Waals surface area contributed by atoms with Gasteiger partial charge in [-0.1, -0.05) is 23.2 Å². The molecule has 1 N–H and O–H groups in total. The lowest BCUT2D eigenvalue weighted by molar-refractivity contribution is 0.0909. The maximum atomic E-state index is 12.3. The summed E-state index contributed by atoms with van der Waals surface area (Å²) >= 11 is 12.1. The van der Waals surface area contributed by atoms with Crippen LogP contribution in [0.15, 0.2) is 39.7 Å². The van der Waals surface area contributed by atoms with E-state index in [2.05, 4.69) is 10.2 Å². The maximum Gasteiger partial charge on any atom is 0.287 e. The summed E-state index contributed by atoms with van der Waals surface area (Å²) < 4.78 is 9.99. The molecule has 1 aliphatic rings. The van der Waals surface area contributed by atoms with Crippen molar-refractivity contribution in [3.8, 4) is 5.75 Å². The number of methoxy groups -OCH3 is 1. The van der Waals surface area contributed by atoms with Gasteiger partial charge in [0.15, 0.2) is 5.76 Å². The molecule has 0 aliphatic carbocycles. The largest absolute Gasteiger partial charge is 0.490 e. The predicted molar refractivity (Wildman–Crippen MR) is 96.1 cm³/mol. The van der Waals surface area contributed by atoms with Gasteiger partial charge in [0.2, 0.25) is 11.2 Å². The zero-order chi connectivity index (χ0) is 18.0. The highest BCUT2D eigenvalue weighted by atomic mass is 35.5. The number of nitrogens with zero attached hydrogens (tertiary/aromatic N) is 1. The Morgan fingerprint density at radius 3 is 2.84 bits per heavy atom. The highest BCUT2D eigenvalue weighted by Gasteiger charge is 2.26. The number of ether oxygens (including phenoxy) is 1. The van der Waals surface area contributed by atoms with Gasteiger partial charge >= 0.3 is 0 Å². The highest BCUT2D eigenvalue weighted by Crippen LogP contribution is 2.31. The molecule has 2 heterocycles. The fourth-order valence-corrected chi connectivity index (χ4v) is 3.29. The predicted octanol–water partition coefficient (Wildman–Crippen LogP) is 2.96. The van der Waals surface area contributed by atoms with Gasteiger partial charge in [0, 0.05) is 30.2 Å². The van der Waals surface area contributed by atoms with Crippen molar-refractivity contribution in [1.82, 2.24) is 5.32 Å². The van der Waals surface area contributed by atoms with Crippen LogP contribution < -0.4 is 20.4 Å². The molecular formula is C17H16Cl2N2O4. The van der Waals surface area contributed by atoms with Crippen molar-refractivity contribution in [2.75, 3.05) is 25.1 Å². The van der Waals surface area contributed by atoms with Crippen LogP contribution in [0, 0.1) is 0 Å². The van der Waals surface area contributed by atoms with E-state index in [1.54, 1.807) is 12.1 Å². The maximum absolute atomic E-state index is 12.3. The summed E-state index contributed by atoms with van der Waals surface area (Å²) in [6.45, 7) is 1.35. The highest BCUT2D eigenvalue weighted by molar-refractivity contribution is 6.36. The van der Waals surface area contributed by atoms with Crippen LogP contribution in [-0.2, 0) is 0 Å². The molecule has 1 atom stereocenters. The molecule has 132 valence electrons. The summed E-state index contributed by atoms with van der Waals surface area (Å²) in [6.07, 6.45) is 1.89. The molecule has 0 saturated carbocycles. The Labute approximate surface area is 154 Å². The van der Waals surface area contributed by atoms with Gasteiger partial charge in [-0.2, -0.15) is 0 Å². The summed E-state index contributed by atoms with van der Waals surface area (Å²) in [5.41, 5.74) is 0.471. The van der Waals surface area contributed by atoms with E-state index in [1.165, 1.54) is 7.11 Å². The van der Waals surface area contributed by atoms with E-state index < -0.39 is 11.3 Å². The Morgan fingerprint density at radius 2 is 2.16 bits per heavy atom. The number of rotatable bonds is 4. The van der Waals surface area contributed by atoms with Gasteiger partial charge in [-0.15, -0.1) is 0 Å². The first-order valence-corrected chi connectivity index (χ1v) is 8.41. The zero-order valence-electron chi connectivity index (χ0n) is 13.4. The molecule has 1 fully saturated rings. The van der Waals surface area contributed by atoms with E-state index in [9.17, 15) is 9.59 Å². The number of carbonyl (C=O) groups is 1. The van der Waals surface area contributed by atoms with Crippen molar-refractivity contribution >= 4 is 34.8 Å². The lowest BCUT2D eigenvalue weighted by Gasteiger charge is -2.20. The molecule has 1 aromatic heterocycles. The quantitative estimate of drug-likeness (QED) is 0.879. The number of hydrogen-bond acceptors (Lipinski definition) is 5. The van der Waals surface area contributed by atoms with E-state index in [0.29, 0.717) is 16.6 Å². The van der Waals surface area contributed by atoms with Gasteiger partial charge in [0.05, 0.1) is 17.8 Å². The fraction of sp³-hybridized carbons (Fsp3) is 0.294. The number of hydrogen-bond donors (Lipinski definition) is 1. The van der Waals surface area contributed by atoms with Crippen molar-refractivity contribution in [2.45, 2.75) is 12.5 Å². The van der Waals surface area contributed by atoms with Crippen molar-refractivity contribution < 1.29 is 13.9 Å². The minimum atomic E-state index is -0.436. The third-order valence-electron chi connectivity index (χ3n) is 4.02. The van der Waals surface area contributed by atoms with Crippen LogP contribution in [0.4, 0.5) is 5.69 Å². The van der Waals surface area contributed by atoms with Crippen LogP contribution in [0.1, 0.15) is 17.0 Å². The fourth-order valence-electron chi connectivity index (χ4n) is 2.76. The third-order valence-corrected chi connectivity index (χ3v) is 4.55. The van der Waals surface area contributed by atoms with Gasteiger partial charge in [-0.05, 0) is 24.6 Å². The Balaban J connectivity index is 1.65. The molecule has 0 spiro atoms. The Morgan fingerprint density at radius 1 is 1.36 bits per heavy atom. The number of benzene rings is 1. The number of halogens is 2. The summed E-state index contributed by atoms with van der Waals surface area (Å²) in [7, 11) is 1.36. The monoisotopic (exact) mass is 382 g/mol. The van der Waals surface area contributed by atoms with Crippen LogP contribution in [0.5, 0.6) is 5.75 Å². The summed E-state index contributed by atoms with van der Waals surface area (Å²) in [5.74, 6) is -0.427. The van der Waals surface area contributed by atoms with Gasteiger partial charge < -0.3 is 19.4 Å². The minimum Gasteiger partial charge on any atom is -0.490 e. The lowest BCUT2D eigenvalue weighted by Crippen LogP contribution is -2.37. The second kappa shape index (κ2) is 7.37. The second-order valence-corrected chi connectivity index (χ2v) is 6.52. The standard InChI is InChI=1S/C17H16Cl2N2O4/c1-24-16-9-25-15(7-14(16)22)17(23)20-11-4-5-21(8-11)13-3-2-10(18)6-12(13)19/h2-3,6-7,9,11H,4-5,8H2,1H3,(H,20,23). The first-order valence-electron chi connectivity index (χ1n) is 7.65. The van der Waals surface area contributed by atoms with Crippen molar-refractivity contribution in [3.63, 3.8) is 0 Å². The number of anilines is 1. The molecule has 1 amide bonds. The third kappa shape index (κ3) is 3.91. The van der Waals surface area contributed by atoms with Crippen LogP contribution in [0.3, 0.4) is 0 Å². The number of amides is 1. The van der Waals surface area contributed by atoms with E-state index in [4.69, 9.17) is 32.4 Å². The summed E-state index contributed by atoms with van der Waals surface area (Å²) in [4.78, 5) is 26.1. The first-order chi connectivity index (χ1) is 12.0. The van der Waals surface area contributed by atoms with Crippen LogP contribution >= 0.6 is 23.2 Å². The molecule has 0 bridgehead atoms. The molecule has 8 heteroatoms. The number of carbonyl (C=O) groups excluding carboxylic acids is 1. The molecule has 2 aromatic rings. The van der Waals surface area contributed by atoms with Crippen molar-refractivity contribution in [3.05, 3.63) is 56.6 Å². The Hall–Kier alpha value is -2.18. The molecule has 1 saturated heterocycles. The SMILES string of the molecule is COc1coc(C(=O)NC2CCN(c3ccc(Cl)cc3Cl)C2)cc1=O. The van der Waals surface area contributed by atoms with Crippen LogP contribution in [0.2, 0.25) is 10.0 Å². The van der Waals surface area contributed by atoms with Crippen molar-refractivity contribution in [2.24, 2.45) is 0 Å². The Bertz CT molecular complexity index is 853. The summed E-state index contributed by atoms with van der Waals surface area (Å²) in [5, 5.41) is 4.01. The van der Waals surface area contributed by atoms with Gasteiger partial charge in [0.1, 0.15) is 6.26 Å². The molecular weight excluding hydrogens is 367 g/mol. The van der Waals surface area contributed by atoms with E-state index in [-0.39, 0.29) is 17.6 Å². The van der Waals surface area contributed by atoms with Gasteiger partial charge in [0.25, 0.3) is 5.91 Å². The van der Waals surface area contributed by atoms with Crippen molar-refractivity contribution in [1.29, 1.82) is 0 Å². The molecule has 6 nitrogen and oxygen atoms in total. The zero-order valence-corrected chi connectivity index (χ0v) is 14.9. The molecule has 3 rings (SSSR count). The van der Waals surface area contributed by atoms with E-state index in [0.717, 1.165) is 31.0 Å². The minimum absolute atomic E-state index is 0.0474. The molecule has 1 unspecified atom stereocenters. The molecule has 25 heavy (non-hydrogen) atoms. The van der Waals surface area contributed by atoms with Gasteiger partial charge in [-0.25, -0.2) is 0 Å². The van der Waals surface area contributed by atoms with Crippen LogP contribution in [0.25, 0.3) is 0 Å². The Kier molecular flexibility index (Phi) is 5.20.